The van der Waals surface area contributed by atoms with Gasteiger partial charge in [-0.15, -0.1) is 0 Å². The summed E-state index contributed by atoms with van der Waals surface area (Å²) in [6, 6.07) is 4.70. The van der Waals surface area contributed by atoms with Gasteiger partial charge in [0.2, 0.25) is 0 Å². The Bertz CT molecular complexity index is 886. The fourth-order valence-electron chi connectivity index (χ4n) is 2.84. The van der Waals surface area contributed by atoms with Crippen molar-refractivity contribution >= 4 is 17.6 Å². The predicted octanol–water partition coefficient (Wildman–Crippen LogP) is 2.32. The summed E-state index contributed by atoms with van der Waals surface area (Å²) in [5.41, 5.74) is 6.82. The van der Waals surface area contributed by atoms with Crippen molar-refractivity contribution in [2.45, 2.75) is 27.7 Å². The molecule has 0 atom stereocenters. The second-order valence-corrected chi connectivity index (χ2v) is 5.89. The second-order valence-electron chi connectivity index (χ2n) is 5.89. The molecule has 0 aliphatic heterocycles. The zero-order valence-corrected chi connectivity index (χ0v) is 16.0. The van der Waals surface area contributed by atoms with Crippen molar-refractivity contribution in [2.75, 3.05) is 13.7 Å². The van der Waals surface area contributed by atoms with Crippen LogP contribution in [0.1, 0.15) is 56.3 Å². The molecule has 8 heteroatoms. The number of Topliss-reactive ketones (excluding diaryl/α,β-unsaturated/α-hetero) is 1. The van der Waals surface area contributed by atoms with Crippen molar-refractivity contribution in [2.24, 2.45) is 0 Å². The molecule has 2 rings (SSSR count). The molecule has 0 radical (unpaired) electrons. The van der Waals surface area contributed by atoms with E-state index in [0.29, 0.717) is 40.5 Å². The third-order valence-electron chi connectivity index (χ3n) is 4.03. The number of carbonyl (C=O) groups is 3. The Morgan fingerprint density at radius 2 is 1.74 bits per heavy atom. The van der Waals surface area contributed by atoms with Gasteiger partial charge in [-0.3, -0.25) is 25.2 Å². The summed E-state index contributed by atoms with van der Waals surface area (Å²) in [4.78, 5) is 39.2. The predicted molar refractivity (Wildman–Crippen MR) is 99.4 cm³/mol. The van der Waals surface area contributed by atoms with E-state index < -0.39 is 11.8 Å². The van der Waals surface area contributed by atoms with Crippen LogP contribution >= 0.6 is 0 Å². The zero-order chi connectivity index (χ0) is 20.1. The maximum absolute atomic E-state index is 12.3. The highest BCUT2D eigenvalue weighted by atomic mass is 16.5. The molecule has 1 heterocycles. The summed E-state index contributed by atoms with van der Waals surface area (Å²) in [7, 11) is 1.48. The van der Waals surface area contributed by atoms with Gasteiger partial charge in [0.1, 0.15) is 5.69 Å². The van der Waals surface area contributed by atoms with Gasteiger partial charge in [0.15, 0.2) is 17.3 Å². The minimum atomic E-state index is -0.547. The fourth-order valence-corrected chi connectivity index (χ4v) is 2.84. The highest BCUT2D eigenvalue weighted by Gasteiger charge is 2.20. The monoisotopic (exact) mass is 373 g/mol. The number of aromatic nitrogens is 1. The normalized spacial score (nSPS) is 10.3. The van der Waals surface area contributed by atoms with Crippen LogP contribution in [0.15, 0.2) is 18.2 Å². The van der Waals surface area contributed by atoms with Crippen molar-refractivity contribution in [1.29, 1.82) is 0 Å². The molecular weight excluding hydrogens is 350 g/mol. The van der Waals surface area contributed by atoms with E-state index in [1.54, 1.807) is 26.0 Å². The largest absolute Gasteiger partial charge is 0.493 e. The summed E-state index contributed by atoms with van der Waals surface area (Å²) in [5.74, 6) is -0.259. The number of aryl methyl sites for hydroxylation is 1. The van der Waals surface area contributed by atoms with Gasteiger partial charge >= 0.3 is 0 Å². The number of ketones is 1. The number of benzene rings is 1. The highest BCUT2D eigenvalue weighted by Crippen LogP contribution is 2.28. The van der Waals surface area contributed by atoms with Gasteiger partial charge in [0.25, 0.3) is 11.8 Å². The summed E-state index contributed by atoms with van der Waals surface area (Å²) in [5, 5.41) is 0. The van der Waals surface area contributed by atoms with E-state index in [1.165, 1.54) is 20.1 Å². The van der Waals surface area contributed by atoms with Crippen LogP contribution in [0.4, 0.5) is 0 Å². The zero-order valence-electron chi connectivity index (χ0n) is 16.0. The lowest BCUT2D eigenvalue weighted by molar-refractivity contribution is 0.0843. The van der Waals surface area contributed by atoms with Crippen molar-refractivity contribution in [1.82, 2.24) is 15.8 Å². The van der Waals surface area contributed by atoms with Gasteiger partial charge in [-0.05, 0) is 51.5 Å². The first-order valence-corrected chi connectivity index (χ1v) is 8.41. The van der Waals surface area contributed by atoms with Crippen LogP contribution in [0, 0.1) is 13.8 Å². The first kappa shape index (κ1) is 20.0. The number of hydrogen-bond donors (Lipinski definition) is 3. The lowest BCUT2D eigenvalue weighted by Gasteiger charge is -2.11. The molecule has 0 saturated heterocycles. The topological polar surface area (TPSA) is 110 Å². The van der Waals surface area contributed by atoms with E-state index in [9.17, 15) is 14.4 Å². The molecule has 27 heavy (non-hydrogen) atoms. The number of nitrogens with one attached hydrogen (secondary N) is 3. The number of aromatic amines is 1. The number of carbonyl (C=O) groups excluding carboxylic acids is 3. The number of ether oxygens (including phenoxy) is 2. The second kappa shape index (κ2) is 8.39. The van der Waals surface area contributed by atoms with E-state index in [2.05, 4.69) is 15.8 Å². The highest BCUT2D eigenvalue weighted by molar-refractivity contribution is 6.03. The van der Waals surface area contributed by atoms with Gasteiger partial charge in [0.05, 0.1) is 13.7 Å². The lowest BCUT2D eigenvalue weighted by atomic mass is 10.1. The molecular formula is C19H23N3O5. The van der Waals surface area contributed by atoms with Gasteiger partial charge in [-0.2, -0.15) is 0 Å². The lowest BCUT2D eigenvalue weighted by Crippen LogP contribution is -2.42. The van der Waals surface area contributed by atoms with E-state index in [1.807, 2.05) is 6.92 Å². The molecule has 1 aromatic heterocycles. The molecule has 0 unspecified atom stereocenters. The fraction of sp³-hybridized carbons (Fsp3) is 0.316. The van der Waals surface area contributed by atoms with Crippen molar-refractivity contribution < 1.29 is 23.9 Å². The van der Waals surface area contributed by atoms with E-state index in [0.717, 1.165) is 0 Å². The molecule has 3 N–H and O–H groups in total. The third-order valence-corrected chi connectivity index (χ3v) is 4.03. The summed E-state index contributed by atoms with van der Waals surface area (Å²) >= 11 is 0. The Balaban J connectivity index is 2.10. The maximum atomic E-state index is 12.3. The van der Waals surface area contributed by atoms with Crippen molar-refractivity contribution in [3.63, 3.8) is 0 Å². The minimum absolute atomic E-state index is 0.134. The average molecular weight is 373 g/mol. The standard InChI is InChI=1S/C19H23N3O5/c1-6-27-14-8-7-13(9-15(14)26-5)18(24)21-22-19(25)17-10(2)16(12(4)23)11(3)20-17/h7-9,20H,6H2,1-5H3,(H,21,24)(H,22,25). The van der Waals surface area contributed by atoms with Gasteiger partial charge < -0.3 is 14.5 Å². The smallest absolute Gasteiger partial charge is 0.286 e. The SMILES string of the molecule is CCOc1ccc(C(=O)NNC(=O)c2[nH]c(C)c(C(C)=O)c2C)cc1OC. The number of methoxy groups -OCH3 is 1. The van der Waals surface area contributed by atoms with E-state index in [-0.39, 0.29) is 11.5 Å². The Morgan fingerprint density at radius 1 is 1.07 bits per heavy atom. The molecule has 0 spiro atoms. The molecule has 2 aromatic rings. The Kier molecular flexibility index (Phi) is 6.23. The Labute approximate surface area is 157 Å². The summed E-state index contributed by atoms with van der Waals surface area (Å²) in [6.07, 6.45) is 0. The molecule has 144 valence electrons. The molecule has 0 fully saturated rings. The number of rotatable bonds is 6. The molecule has 1 aromatic carbocycles. The molecule has 0 bridgehead atoms. The van der Waals surface area contributed by atoms with Crippen molar-refractivity contribution in [3.05, 3.63) is 46.3 Å². The average Bonchev–Trinajstić information content (AvgIpc) is 2.94. The molecule has 0 saturated carbocycles. The van der Waals surface area contributed by atoms with E-state index >= 15 is 0 Å². The summed E-state index contributed by atoms with van der Waals surface area (Å²) < 4.78 is 10.6. The van der Waals surface area contributed by atoms with Crippen LogP contribution < -0.4 is 20.3 Å². The molecule has 8 nitrogen and oxygen atoms in total. The van der Waals surface area contributed by atoms with Gasteiger partial charge in [-0.1, -0.05) is 0 Å². The number of H-pyrrole nitrogens is 1. The minimum Gasteiger partial charge on any atom is -0.493 e. The first-order chi connectivity index (χ1) is 12.8. The Hall–Kier alpha value is -3.29. The van der Waals surface area contributed by atoms with Crippen LogP contribution in [0.2, 0.25) is 0 Å². The number of hydrogen-bond acceptors (Lipinski definition) is 5. The maximum Gasteiger partial charge on any atom is 0.286 e. The number of hydrazine groups is 1. The van der Waals surface area contributed by atoms with E-state index in [4.69, 9.17) is 9.47 Å². The molecule has 0 aliphatic carbocycles. The quantitative estimate of drug-likeness (QED) is 0.532. The van der Waals surface area contributed by atoms with Gasteiger partial charge in [0, 0.05) is 16.8 Å². The van der Waals surface area contributed by atoms with Crippen LogP contribution in [-0.4, -0.2) is 36.3 Å². The van der Waals surface area contributed by atoms with Crippen LogP contribution in [-0.2, 0) is 0 Å². The van der Waals surface area contributed by atoms with Crippen LogP contribution in [0.5, 0.6) is 11.5 Å². The number of amides is 2. The van der Waals surface area contributed by atoms with Crippen molar-refractivity contribution in [3.8, 4) is 11.5 Å². The van der Waals surface area contributed by atoms with Crippen LogP contribution in [0.25, 0.3) is 0 Å². The molecule has 0 aliphatic rings. The first-order valence-electron chi connectivity index (χ1n) is 8.41. The third kappa shape index (κ3) is 4.28. The Morgan fingerprint density at radius 3 is 2.30 bits per heavy atom. The molecule has 2 amide bonds. The van der Waals surface area contributed by atoms with Crippen LogP contribution in [0.3, 0.4) is 0 Å². The van der Waals surface area contributed by atoms with Gasteiger partial charge in [-0.25, -0.2) is 0 Å². The summed E-state index contributed by atoms with van der Waals surface area (Å²) in [6.45, 7) is 7.14.